The molecule has 27 heavy (non-hydrogen) atoms. The van der Waals surface area contributed by atoms with Crippen LogP contribution in [0.5, 0.6) is 0 Å². The molecule has 6 nitrogen and oxygen atoms in total. The van der Waals surface area contributed by atoms with E-state index in [1.807, 2.05) is 48.9 Å². The Balaban J connectivity index is 1.61. The first-order valence-electron chi connectivity index (χ1n) is 9.30. The molecule has 1 aliphatic heterocycles. The zero-order valence-electron chi connectivity index (χ0n) is 15.9. The van der Waals surface area contributed by atoms with Crippen LogP contribution in [0.1, 0.15) is 36.2 Å². The Labute approximate surface area is 159 Å². The summed E-state index contributed by atoms with van der Waals surface area (Å²) in [6.07, 6.45) is 6.25. The summed E-state index contributed by atoms with van der Waals surface area (Å²) in [5.74, 6) is -0.646. The number of aryl methyl sites for hydroxylation is 1. The number of para-hydroxylation sites is 1. The van der Waals surface area contributed by atoms with Gasteiger partial charge in [0.15, 0.2) is 6.61 Å². The van der Waals surface area contributed by atoms with E-state index in [4.69, 9.17) is 4.74 Å². The molecule has 1 saturated heterocycles. The average molecular weight is 367 g/mol. The van der Waals surface area contributed by atoms with E-state index in [2.05, 4.69) is 5.10 Å². The molecule has 0 unspecified atom stereocenters. The van der Waals surface area contributed by atoms with E-state index in [1.54, 1.807) is 11.0 Å². The molecule has 0 N–H and O–H groups in total. The van der Waals surface area contributed by atoms with Crippen LogP contribution in [-0.4, -0.2) is 46.3 Å². The molecule has 0 atom stereocenters. The fourth-order valence-corrected chi connectivity index (χ4v) is 3.28. The fourth-order valence-electron chi connectivity index (χ4n) is 3.28. The van der Waals surface area contributed by atoms with E-state index >= 15 is 0 Å². The van der Waals surface area contributed by atoms with Crippen molar-refractivity contribution in [2.45, 2.75) is 33.1 Å². The van der Waals surface area contributed by atoms with Gasteiger partial charge in [0.25, 0.3) is 5.91 Å². The predicted octanol–water partition coefficient (Wildman–Crippen LogP) is 3.06. The number of benzene rings is 1. The average Bonchev–Trinajstić information content (AvgIpc) is 2.99. The number of carbonyl (C=O) groups is 2. The van der Waals surface area contributed by atoms with Gasteiger partial charge in [0.1, 0.15) is 0 Å². The Kier molecular flexibility index (Phi) is 6.06. The summed E-state index contributed by atoms with van der Waals surface area (Å²) in [5, 5.41) is 4.55. The molecule has 1 aromatic heterocycles. The molecule has 0 aliphatic carbocycles. The van der Waals surface area contributed by atoms with E-state index < -0.39 is 5.97 Å². The van der Waals surface area contributed by atoms with Crippen molar-refractivity contribution in [3.8, 4) is 5.69 Å². The van der Waals surface area contributed by atoms with Crippen LogP contribution >= 0.6 is 0 Å². The summed E-state index contributed by atoms with van der Waals surface area (Å²) in [4.78, 5) is 25.8. The zero-order chi connectivity index (χ0) is 19.2. The van der Waals surface area contributed by atoms with Crippen LogP contribution in [0.4, 0.5) is 0 Å². The number of hydrogen-bond acceptors (Lipinski definition) is 4. The van der Waals surface area contributed by atoms with Crippen molar-refractivity contribution < 1.29 is 14.3 Å². The van der Waals surface area contributed by atoms with E-state index in [0.29, 0.717) is 0 Å². The molecule has 1 fully saturated rings. The molecule has 2 heterocycles. The third-order valence-corrected chi connectivity index (χ3v) is 4.78. The van der Waals surface area contributed by atoms with Crippen molar-refractivity contribution in [1.82, 2.24) is 14.7 Å². The zero-order valence-corrected chi connectivity index (χ0v) is 15.9. The predicted molar refractivity (Wildman–Crippen MR) is 103 cm³/mol. The third kappa shape index (κ3) is 4.64. The van der Waals surface area contributed by atoms with Crippen LogP contribution in [0.2, 0.25) is 0 Å². The Morgan fingerprint density at radius 3 is 2.52 bits per heavy atom. The van der Waals surface area contributed by atoms with Gasteiger partial charge < -0.3 is 9.64 Å². The van der Waals surface area contributed by atoms with Gasteiger partial charge in [-0.15, -0.1) is 0 Å². The number of ether oxygens (including phenoxy) is 1. The molecule has 2 aromatic rings. The largest absolute Gasteiger partial charge is 0.452 e. The molecule has 3 rings (SSSR count). The number of hydrogen-bond donors (Lipinski definition) is 0. The second kappa shape index (κ2) is 8.66. The number of likely N-dealkylation sites (tertiary alicyclic amines) is 1. The number of amides is 1. The number of carbonyl (C=O) groups excluding carboxylic acids is 2. The monoisotopic (exact) mass is 367 g/mol. The molecule has 6 heteroatoms. The quantitative estimate of drug-likeness (QED) is 0.602. The Morgan fingerprint density at radius 2 is 1.81 bits per heavy atom. The lowest BCUT2D eigenvalue weighted by atomic mass is 10.1. The highest BCUT2D eigenvalue weighted by Crippen LogP contribution is 2.19. The fraction of sp³-hybridized carbons (Fsp3) is 0.381. The molecule has 1 aliphatic rings. The van der Waals surface area contributed by atoms with Gasteiger partial charge in [0.05, 0.1) is 11.4 Å². The van der Waals surface area contributed by atoms with Crippen molar-refractivity contribution in [3.05, 3.63) is 53.4 Å². The summed E-state index contributed by atoms with van der Waals surface area (Å²) < 4.78 is 6.95. The van der Waals surface area contributed by atoms with E-state index in [9.17, 15) is 9.59 Å². The van der Waals surface area contributed by atoms with Crippen LogP contribution in [-0.2, 0) is 14.3 Å². The van der Waals surface area contributed by atoms with Gasteiger partial charge >= 0.3 is 5.97 Å². The molecule has 1 amide bonds. The highest BCUT2D eigenvalue weighted by atomic mass is 16.5. The summed E-state index contributed by atoms with van der Waals surface area (Å²) in [6, 6.07) is 9.83. The van der Waals surface area contributed by atoms with Gasteiger partial charge in [-0.25, -0.2) is 9.48 Å². The summed E-state index contributed by atoms with van der Waals surface area (Å²) in [7, 11) is 0. The van der Waals surface area contributed by atoms with Crippen molar-refractivity contribution in [1.29, 1.82) is 0 Å². The number of esters is 1. The van der Waals surface area contributed by atoms with Gasteiger partial charge in [-0.05, 0) is 51.3 Å². The number of rotatable bonds is 5. The molecular formula is C21H25N3O3. The molecule has 142 valence electrons. The molecule has 0 bridgehead atoms. The van der Waals surface area contributed by atoms with E-state index in [1.165, 1.54) is 6.08 Å². The normalized spacial score (nSPS) is 14.5. The van der Waals surface area contributed by atoms with Crippen molar-refractivity contribution in [3.63, 3.8) is 0 Å². The smallest absolute Gasteiger partial charge is 0.331 e. The topological polar surface area (TPSA) is 64.4 Å². The highest BCUT2D eigenvalue weighted by molar-refractivity contribution is 5.89. The van der Waals surface area contributed by atoms with Gasteiger partial charge in [-0.3, -0.25) is 4.79 Å². The number of piperidine rings is 1. The first-order chi connectivity index (χ1) is 13.1. The molecular weight excluding hydrogens is 342 g/mol. The van der Waals surface area contributed by atoms with E-state index in [-0.39, 0.29) is 12.5 Å². The molecule has 0 saturated carbocycles. The lowest BCUT2D eigenvalue weighted by Crippen LogP contribution is -2.38. The Hall–Kier alpha value is -2.89. The number of aromatic nitrogens is 2. The molecule has 1 aromatic carbocycles. The van der Waals surface area contributed by atoms with Gasteiger partial charge in [-0.2, -0.15) is 5.10 Å². The molecule has 0 radical (unpaired) electrons. The van der Waals surface area contributed by atoms with E-state index in [0.717, 1.165) is 55.0 Å². The molecule has 0 spiro atoms. The maximum atomic E-state index is 12.1. The highest BCUT2D eigenvalue weighted by Gasteiger charge is 2.17. The van der Waals surface area contributed by atoms with Crippen LogP contribution in [0, 0.1) is 13.8 Å². The minimum absolute atomic E-state index is 0.124. The van der Waals surface area contributed by atoms with Crippen LogP contribution in [0.25, 0.3) is 11.8 Å². The van der Waals surface area contributed by atoms with Crippen LogP contribution in [0.3, 0.4) is 0 Å². The lowest BCUT2D eigenvalue weighted by molar-refractivity contribution is -0.148. The van der Waals surface area contributed by atoms with Crippen molar-refractivity contribution in [2.24, 2.45) is 0 Å². The Bertz CT molecular complexity index is 834. The second-order valence-electron chi connectivity index (χ2n) is 6.71. The van der Waals surface area contributed by atoms with Gasteiger partial charge in [0.2, 0.25) is 0 Å². The van der Waals surface area contributed by atoms with Crippen LogP contribution in [0.15, 0.2) is 36.4 Å². The first-order valence-corrected chi connectivity index (χ1v) is 9.30. The van der Waals surface area contributed by atoms with Crippen LogP contribution < -0.4 is 0 Å². The first kappa shape index (κ1) is 18.9. The van der Waals surface area contributed by atoms with Crippen molar-refractivity contribution >= 4 is 18.0 Å². The third-order valence-electron chi connectivity index (χ3n) is 4.78. The maximum Gasteiger partial charge on any atom is 0.331 e. The lowest BCUT2D eigenvalue weighted by Gasteiger charge is -2.26. The standard InChI is InChI=1S/C21H25N3O3/c1-16-19(17(2)24(22-16)18-9-5-3-6-10-18)11-12-21(26)27-15-20(25)23-13-7-4-8-14-23/h3,5-6,9-12H,4,7-8,13-15H2,1-2H3/b12-11+. The SMILES string of the molecule is Cc1nn(-c2ccccc2)c(C)c1/C=C/C(=O)OCC(=O)N1CCCCC1. The summed E-state index contributed by atoms with van der Waals surface area (Å²) in [5.41, 5.74) is 3.60. The van der Waals surface area contributed by atoms with Gasteiger partial charge in [0, 0.05) is 30.4 Å². The summed E-state index contributed by atoms with van der Waals surface area (Å²) in [6.45, 7) is 5.16. The second-order valence-corrected chi connectivity index (χ2v) is 6.71. The minimum Gasteiger partial charge on any atom is -0.452 e. The van der Waals surface area contributed by atoms with Gasteiger partial charge in [-0.1, -0.05) is 18.2 Å². The minimum atomic E-state index is -0.522. The Morgan fingerprint density at radius 1 is 1.11 bits per heavy atom. The maximum absolute atomic E-state index is 12.1. The van der Waals surface area contributed by atoms with Crippen molar-refractivity contribution in [2.75, 3.05) is 19.7 Å². The number of nitrogens with zero attached hydrogens (tertiary/aromatic N) is 3. The summed E-state index contributed by atoms with van der Waals surface area (Å²) >= 11 is 0.